The van der Waals surface area contributed by atoms with Crippen molar-refractivity contribution in [2.45, 2.75) is 43.0 Å². The smallest absolute Gasteiger partial charge is 0.390 e. The second-order valence-electron chi connectivity index (χ2n) is 7.65. The van der Waals surface area contributed by atoms with E-state index in [0.717, 1.165) is 10.9 Å². The van der Waals surface area contributed by atoms with Crippen LogP contribution in [0, 0.1) is 5.92 Å². The van der Waals surface area contributed by atoms with Gasteiger partial charge in [0.25, 0.3) is 0 Å². The van der Waals surface area contributed by atoms with Crippen LogP contribution in [0.3, 0.4) is 0 Å². The highest BCUT2D eigenvalue weighted by Crippen LogP contribution is 2.51. The van der Waals surface area contributed by atoms with Crippen molar-refractivity contribution in [1.29, 1.82) is 0 Å². The first-order chi connectivity index (χ1) is 14.8. The Kier molecular flexibility index (Phi) is 5.41. The Balaban J connectivity index is 1.69. The number of anilines is 1. The zero-order valence-electron chi connectivity index (χ0n) is 16.1. The largest absolute Gasteiger partial charge is 0.435 e. The summed E-state index contributed by atoms with van der Waals surface area (Å²) in [6, 6.07) is 1.13. The van der Waals surface area contributed by atoms with Crippen molar-refractivity contribution in [2.24, 2.45) is 13.0 Å². The third-order valence-corrected chi connectivity index (χ3v) is 5.68. The monoisotopic (exact) mass is 484 g/mol. The van der Waals surface area contributed by atoms with Gasteiger partial charge in [0.2, 0.25) is 5.91 Å². The van der Waals surface area contributed by atoms with Gasteiger partial charge < -0.3 is 15.2 Å². The zero-order valence-corrected chi connectivity index (χ0v) is 16.8. The van der Waals surface area contributed by atoms with Crippen LogP contribution >= 0.6 is 11.6 Å². The fourth-order valence-corrected chi connectivity index (χ4v) is 4.53. The average molecular weight is 485 g/mol. The second kappa shape index (κ2) is 7.59. The second-order valence-corrected chi connectivity index (χ2v) is 8.04. The molecule has 14 heteroatoms. The summed E-state index contributed by atoms with van der Waals surface area (Å²) in [5.74, 6) is -3.88. The van der Waals surface area contributed by atoms with Gasteiger partial charge in [0.1, 0.15) is 11.0 Å². The number of aliphatic hydroxyl groups is 1. The Bertz CT molecular complexity index is 1060. The number of alkyl halides is 6. The predicted octanol–water partition coefficient (Wildman–Crippen LogP) is 3.38. The molecule has 0 aromatic carbocycles. The molecule has 4 rings (SSSR count). The first-order valence-corrected chi connectivity index (χ1v) is 9.63. The van der Waals surface area contributed by atoms with Gasteiger partial charge in [-0.05, 0) is 12.1 Å². The summed E-state index contributed by atoms with van der Waals surface area (Å²) >= 11 is 5.62. The predicted molar refractivity (Wildman–Crippen MR) is 96.6 cm³/mol. The normalized spacial score (nSPS) is 27.7. The van der Waals surface area contributed by atoms with Gasteiger partial charge in [0.15, 0.2) is 5.69 Å². The topological polar surface area (TPSA) is 89.3 Å². The van der Waals surface area contributed by atoms with E-state index >= 15 is 0 Å². The van der Waals surface area contributed by atoms with Crippen LogP contribution in [0.4, 0.5) is 32.2 Å². The number of amides is 1. The van der Waals surface area contributed by atoms with Crippen LogP contribution in [-0.2, 0) is 28.9 Å². The highest BCUT2D eigenvalue weighted by atomic mass is 35.5. The Morgan fingerprint density at radius 2 is 1.94 bits per heavy atom. The fourth-order valence-electron chi connectivity index (χ4n) is 4.32. The van der Waals surface area contributed by atoms with Crippen LogP contribution in [0.2, 0.25) is 5.15 Å². The molecule has 32 heavy (non-hydrogen) atoms. The molecule has 2 aliphatic heterocycles. The van der Waals surface area contributed by atoms with Gasteiger partial charge in [-0.2, -0.15) is 31.4 Å². The summed E-state index contributed by atoms with van der Waals surface area (Å²) in [4.78, 5) is 16.6. The molecule has 2 fully saturated rings. The molecule has 174 valence electrons. The minimum atomic E-state index is -4.83. The van der Waals surface area contributed by atoms with E-state index in [1.165, 1.54) is 7.05 Å². The lowest BCUT2D eigenvalue weighted by Gasteiger charge is -2.30. The first kappa shape index (κ1) is 22.8. The van der Waals surface area contributed by atoms with Gasteiger partial charge in [-0.1, -0.05) is 11.6 Å². The van der Waals surface area contributed by atoms with E-state index in [1.807, 2.05) is 0 Å². The van der Waals surface area contributed by atoms with E-state index < -0.39 is 70.6 Å². The lowest BCUT2D eigenvalue weighted by Crippen LogP contribution is -2.41. The number of fused-ring (bicyclic) bond motifs is 2. The van der Waals surface area contributed by atoms with E-state index in [2.05, 4.69) is 15.4 Å². The Morgan fingerprint density at radius 3 is 2.56 bits per heavy atom. The standard InChI is InChI=1S/C18H15ClF6N4O3/c1-29-5-7(15(28-29)18(23,24)25)12-13(9-4-8(30)14(12)32-9)16(31)27-11-3-6(17(20,21)22)2-10(19)26-11/h2-3,5,8-9,12-14,30H,4H2,1H3,(H,26,27,31)/t8-,9+,12+,13-,14-/m0/s1. The Morgan fingerprint density at radius 1 is 1.25 bits per heavy atom. The van der Waals surface area contributed by atoms with Crippen molar-refractivity contribution in [3.05, 3.63) is 40.3 Å². The number of carbonyl (C=O) groups excluding carboxylic acids is 1. The number of hydrogen-bond donors (Lipinski definition) is 2. The summed E-state index contributed by atoms with van der Waals surface area (Å²) < 4.78 is 86.1. The molecule has 0 spiro atoms. The molecule has 0 radical (unpaired) electrons. The lowest BCUT2D eigenvalue weighted by molar-refractivity contribution is -0.143. The number of halogens is 7. The Labute approximate surface area is 181 Å². The third-order valence-electron chi connectivity index (χ3n) is 5.49. The first-order valence-electron chi connectivity index (χ1n) is 9.25. The van der Waals surface area contributed by atoms with Crippen LogP contribution in [0.15, 0.2) is 18.3 Å². The molecule has 2 aliphatic rings. The van der Waals surface area contributed by atoms with E-state index in [0.29, 0.717) is 12.1 Å². The van der Waals surface area contributed by atoms with Crippen LogP contribution in [-0.4, -0.2) is 44.1 Å². The molecule has 5 atom stereocenters. The van der Waals surface area contributed by atoms with E-state index in [9.17, 15) is 36.2 Å². The maximum atomic E-state index is 13.5. The molecule has 0 unspecified atom stereocenters. The number of nitrogens with one attached hydrogen (secondary N) is 1. The highest BCUT2D eigenvalue weighted by molar-refractivity contribution is 6.29. The Hall–Kier alpha value is -2.38. The number of nitrogens with zero attached hydrogens (tertiary/aromatic N) is 3. The maximum absolute atomic E-state index is 13.5. The molecular formula is C18H15ClF6N4O3. The van der Waals surface area contributed by atoms with Crippen molar-refractivity contribution < 1.29 is 41.0 Å². The molecule has 7 nitrogen and oxygen atoms in total. The molecule has 0 saturated carbocycles. The number of rotatable bonds is 3. The van der Waals surface area contributed by atoms with Crippen molar-refractivity contribution in [2.75, 3.05) is 5.32 Å². The van der Waals surface area contributed by atoms with Crippen LogP contribution in [0.25, 0.3) is 0 Å². The van der Waals surface area contributed by atoms with Crippen LogP contribution in [0.1, 0.15) is 29.2 Å². The summed E-state index contributed by atoms with van der Waals surface area (Å²) in [7, 11) is 1.27. The quantitative estimate of drug-likeness (QED) is 0.515. The van der Waals surface area contributed by atoms with Gasteiger partial charge >= 0.3 is 12.4 Å². The number of hydrogen-bond acceptors (Lipinski definition) is 5. The van der Waals surface area contributed by atoms with Gasteiger partial charge in [0, 0.05) is 31.1 Å². The molecule has 2 aromatic heterocycles. The lowest BCUT2D eigenvalue weighted by atomic mass is 9.74. The number of aliphatic hydroxyl groups excluding tert-OH is 1. The summed E-state index contributed by atoms with van der Waals surface area (Å²) in [6.45, 7) is 0. The molecule has 2 saturated heterocycles. The van der Waals surface area contributed by atoms with Gasteiger partial charge in [-0.3, -0.25) is 9.48 Å². The molecule has 4 heterocycles. The van der Waals surface area contributed by atoms with Crippen molar-refractivity contribution in [3.8, 4) is 0 Å². The van der Waals surface area contributed by atoms with Gasteiger partial charge in [-0.25, -0.2) is 4.98 Å². The molecule has 1 amide bonds. The number of carbonyl (C=O) groups is 1. The minimum Gasteiger partial charge on any atom is -0.390 e. The maximum Gasteiger partial charge on any atom is 0.435 e. The van der Waals surface area contributed by atoms with Gasteiger partial charge in [-0.15, -0.1) is 0 Å². The van der Waals surface area contributed by atoms with E-state index in [1.54, 1.807) is 0 Å². The van der Waals surface area contributed by atoms with E-state index in [4.69, 9.17) is 16.3 Å². The average Bonchev–Trinajstić information content (AvgIpc) is 3.31. The summed E-state index contributed by atoms with van der Waals surface area (Å²) in [6.07, 6.45) is -11.7. The number of aromatic nitrogens is 3. The molecule has 0 aliphatic carbocycles. The third kappa shape index (κ3) is 4.04. The van der Waals surface area contributed by atoms with Crippen LogP contribution in [0.5, 0.6) is 0 Å². The van der Waals surface area contributed by atoms with Crippen molar-refractivity contribution >= 4 is 23.3 Å². The van der Waals surface area contributed by atoms with Crippen molar-refractivity contribution in [1.82, 2.24) is 14.8 Å². The van der Waals surface area contributed by atoms with Crippen molar-refractivity contribution in [3.63, 3.8) is 0 Å². The highest BCUT2D eigenvalue weighted by Gasteiger charge is 2.59. The zero-order chi connectivity index (χ0) is 23.6. The molecule has 2 bridgehead atoms. The molecule has 2 N–H and O–H groups in total. The molecular weight excluding hydrogens is 470 g/mol. The SMILES string of the molecule is Cn1cc([C@H]2[C@H]3O[C@H](C[C@@H]3O)[C@@H]2C(=O)Nc2cc(C(F)(F)F)cc(Cl)n2)c(C(F)(F)F)n1. The van der Waals surface area contributed by atoms with Gasteiger partial charge in [0.05, 0.1) is 29.8 Å². The summed E-state index contributed by atoms with van der Waals surface area (Å²) in [5, 5.41) is 15.3. The number of aryl methyl sites for hydroxylation is 1. The van der Waals surface area contributed by atoms with E-state index in [-0.39, 0.29) is 12.0 Å². The fraction of sp³-hybridized carbons (Fsp3) is 0.500. The number of pyridine rings is 1. The van der Waals surface area contributed by atoms with Crippen LogP contribution < -0.4 is 5.32 Å². The minimum absolute atomic E-state index is 0.0162. The number of ether oxygens (including phenoxy) is 1. The molecule has 2 aromatic rings. The summed E-state index contributed by atoms with van der Waals surface area (Å²) in [5.41, 5.74) is -2.73.